The Labute approximate surface area is 123 Å². The lowest BCUT2D eigenvalue weighted by molar-refractivity contribution is -0.121. The van der Waals surface area contributed by atoms with E-state index in [2.05, 4.69) is 15.4 Å². The van der Waals surface area contributed by atoms with Gasteiger partial charge in [0, 0.05) is 23.4 Å². The molecule has 6 heteroatoms. The summed E-state index contributed by atoms with van der Waals surface area (Å²) in [5.74, 6) is 0.791. The molecule has 2 aromatic heterocycles. The number of rotatable bonds is 3. The number of nitrogens with two attached hydrogens (primary N) is 1. The number of nitrogens with zero attached hydrogens (tertiary/aromatic N) is 3. The molecular formula is C15H21N5O. The van der Waals surface area contributed by atoms with Gasteiger partial charge in [-0.25, -0.2) is 9.50 Å². The van der Waals surface area contributed by atoms with Gasteiger partial charge in [-0.1, -0.05) is 0 Å². The molecule has 1 amide bonds. The van der Waals surface area contributed by atoms with E-state index in [4.69, 9.17) is 5.73 Å². The van der Waals surface area contributed by atoms with Gasteiger partial charge in [-0.15, -0.1) is 0 Å². The lowest BCUT2D eigenvalue weighted by Crippen LogP contribution is -2.29. The molecule has 1 fully saturated rings. The van der Waals surface area contributed by atoms with Crippen LogP contribution >= 0.6 is 0 Å². The first kappa shape index (κ1) is 14.0. The summed E-state index contributed by atoms with van der Waals surface area (Å²) < 4.78 is 1.75. The molecule has 0 spiro atoms. The number of hydrogen-bond donors (Lipinski definition) is 2. The second-order valence-electron chi connectivity index (χ2n) is 5.86. The summed E-state index contributed by atoms with van der Waals surface area (Å²) in [6.45, 7) is 2.68. The number of carbonyl (C=O) groups excluding carboxylic acids is 1. The second kappa shape index (κ2) is 5.81. The van der Waals surface area contributed by atoms with Crippen LogP contribution in [0.4, 0.5) is 5.69 Å². The molecule has 112 valence electrons. The zero-order valence-electron chi connectivity index (χ0n) is 12.2. The molecule has 0 aromatic carbocycles. The third-order valence-corrected chi connectivity index (χ3v) is 4.38. The molecule has 0 radical (unpaired) electrons. The highest BCUT2D eigenvalue weighted by Crippen LogP contribution is 2.29. The zero-order chi connectivity index (χ0) is 14.8. The van der Waals surface area contributed by atoms with E-state index in [1.165, 1.54) is 6.33 Å². The van der Waals surface area contributed by atoms with E-state index < -0.39 is 0 Å². The molecule has 1 saturated carbocycles. The van der Waals surface area contributed by atoms with Gasteiger partial charge in [0.1, 0.15) is 6.33 Å². The topological polar surface area (TPSA) is 85.3 Å². The van der Waals surface area contributed by atoms with Gasteiger partial charge in [-0.2, -0.15) is 5.10 Å². The average molecular weight is 287 g/mol. The van der Waals surface area contributed by atoms with Crippen LogP contribution in [0.3, 0.4) is 0 Å². The summed E-state index contributed by atoms with van der Waals surface area (Å²) in [5.41, 5.74) is 8.18. The van der Waals surface area contributed by atoms with Gasteiger partial charge in [-0.05, 0) is 51.1 Å². The molecule has 0 atom stereocenters. The highest BCUT2D eigenvalue weighted by atomic mass is 16.1. The molecule has 2 aromatic rings. The van der Waals surface area contributed by atoms with E-state index in [1.54, 1.807) is 4.52 Å². The maximum absolute atomic E-state index is 12.4. The van der Waals surface area contributed by atoms with Gasteiger partial charge in [0.2, 0.25) is 5.91 Å². The van der Waals surface area contributed by atoms with Crippen LogP contribution in [0.15, 0.2) is 18.5 Å². The van der Waals surface area contributed by atoms with Crippen LogP contribution in [-0.2, 0) is 4.79 Å². The summed E-state index contributed by atoms with van der Waals surface area (Å²) in [4.78, 5) is 16.5. The maximum atomic E-state index is 12.4. The van der Waals surface area contributed by atoms with Crippen molar-refractivity contribution in [3.63, 3.8) is 0 Å². The van der Waals surface area contributed by atoms with Gasteiger partial charge < -0.3 is 11.1 Å². The van der Waals surface area contributed by atoms with Crippen LogP contribution < -0.4 is 11.1 Å². The van der Waals surface area contributed by atoms with E-state index in [0.29, 0.717) is 5.92 Å². The fourth-order valence-corrected chi connectivity index (χ4v) is 3.06. The van der Waals surface area contributed by atoms with E-state index in [0.717, 1.165) is 49.3 Å². The molecule has 0 aliphatic heterocycles. The van der Waals surface area contributed by atoms with Crippen molar-refractivity contribution in [2.24, 2.45) is 17.6 Å². The first-order valence-corrected chi connectivity index (χ1v) is 7.48. The minimum Gasteiger partial charge on any atom is -0.330 e. The number of anilines is 1. The summed E-state index contributed by atoms with van der Waals surface area (Å²) in [6.07, 6.45) is 5.48. The Morgan fingerprint density at radius 2 is 2.14 bits per heavy atom. The molecule has 0 saturated heterocycles. The third kappa shape index (κ3) is 2.90. The van der Waals surface area contributed by atoms with Crippen LogP contribution in [0.5, 0.6) is 0 Å². The molecule has 21 heavy (non-hydrogen) atoms. The van der Waals surface area contributed by atoms with Gasteiger partial charge in [0.25, 0.3) is 0 Å². The number of aryl methyl sites for hydroxylation is 1. The van der Waals surface area contributed by atoms with Crippen molar-refractivity contribution in [2.75, 3.05) is 11.9 Å². The Bertz CT molecular complexity index is 643. The van der Waals surface area contributed by atoms with Crippen molar-refractivity contribution < 1.29 is 4.79 Å². The number of aromatic nitrogens is 3. The summed E-state index contributed by atoms with van der Waals surface area (Å²) in [6, 6.07) is 3.77. The molecule has 6 nitrogen and oxygen atoms in total. The normalized spacial score (nSPS) is 22.4. The van der Waals surface area contributed by atoms with Crippen molar-refractivity contribution in [1.29, 1.82) is 0 Å². The van der Waals surface area contributed by atoms with Crippen LogP contribution in [0.2, 0.25) is 0 Å². The number of pyridine rings is 1. The van der Waals surface area contributed by atoms with Crippen LogP contribution in [0.1, 0.15) is 31.4 Å². The first-order chi connectivity index (χ1) is 10.2. The largest absolute Gasteiger partial charge is 0.330 e. The van der Waals surface area contributed by atoms with Crippen LogP contribution in [-0.4, -0.2) is 27.0 Å². The molecule has 2 heterocycles. The smallest absolute Gasteiger partial charge is 0.227 e. The molecule has 3 N–H and O–H groups in total. The van der Waals surface area contributed by atoms with E-state index in [1.807, 2.05) is 19.1 Å². The van der Waals surface area contributed by atoms with Crippen molar-refractivity contribution in [1.82, 2.24) is 14.6 Å². The van der Waals surface area contributed by atoms with Gasteiger partial charge in [0.05, 0.1) is 0 Å². The van der Waals surface area contributed by atoms with Gasteiger partial charge in [0.15, 0.2) is 5.65 Å². The van der Waals surface area contributed by atoms with E-state index >= 15 is 0 Å². The lowest BCUT2D eigenvalue weighted by atomic mass is 9.81. The Morgan fingerprint density at radius 3 is 2.86 bits per heavy atom. The second-order valence-corrected chi connectivity index (χ2v) is 5.86. The Hall–Kier alpha value is -1.95. The number of fused-ring (bicyclic) bond motifs is 1. The summed E-state index contributed by atoms with van der Waals surface area (Å²) in [7, 11) is 0. The predicted molar refractivity (Wildman–Crippen MR) is 80.9 cm³/mol. The molecule has 0 unspecified atom stereocenters. The quantitative estimate of drug-likeness (QED) is 0.900. The maximum Gasteiger partial charge on any atom is 0.227 e. The standard InChI is InChI=1S/C15H21N5O/c1-10-6-13(7-14-17-9-18-20(10)14)19-15(21)12-4-2-11(8-16)3-5-12/h6-7,9,11-12H,2-5,8,16H2,1H3,(H,19,21). The van der Waals surface area contributed by atoms with Crippen LogP contribution in [0, 0.1) is 18.8 Å². The Kier molecular flexibility index (Phi) is 3.88. The molecule has 3 rings (SSSR count). The summed E-state index contributed by atoms with van der Waals surface area (Å²) in [5, 5.41) is 7.14. The van der Waals surface area contributed by atoms with Gasteiger partial charge >= 0.3 is 0 Å². The van der Waals surface area contributed by atoms with Crippen molar-refractivity contribution in [2.45, 2.75) is 32.6 Å². The lowest BCUT2D eigenvalue weighted by Gasteiger charge is -2.26. The number of carbonyl (C=O) groups is 1. The molecular weight excluding hydrogens is 266 g/mol. The fourth-order valence-electron chi connectivity index (χ4n) is 3.06. The van der Waals surface area contributed by atoms with E-state index in [-0.39, 0.29) is 11.8 Å². The monoisotopic (exact) mass is 287 g/mol. The SMILES string of the molecule is Cc1cc(NC(=O)C2CCC(CN)CC2)cc2ncnn12. The van der Waals surface area contributed by atoms with Crippen molar-refractivity contribution in [3.8, 4) is 0 Å². The number of amides is 1. The Morgan fingerprint density at radius 1 is 1.38 bits per heavy atom. The fraction of sp³-hybridized carbons (Fsp3) is 0.533. The summed E-state index contributed by atoms with van der Waals surface area (Å²) >= 11 is 0. The molecule has 1 aliphatic carbocycles. The number of hydrogen-bond acceptors (Lipinski definition) is 4. The van der Waals surface area contributed by atoms with Gasteiger partial charge in [-0.3, -0.25) is 4.79 Å². The highest BCUT2D eigenvalue weighted by Gasteiger charge is 2.25. The minimum absolute atomic E-state index is 0.0993. The van der Waals surface area contributed by atoms with Crippen molar-refractivity contribution in [3.05, 3.63) is 24.2 Å². The van der Waals surface area contributed by atoms with E-state index in [9.17, 15) is 4.79 Å². The third-order valence-electron chi connectivity index (χ3n) is 4.38. The average Bonchev–Trinajstić information content (AvgIpc) is 2.96. The Balaban J connectivity index is 1.69. The van der Waals surface area contributed by atoms with Crippen LogP contribution in [0.25, 0.3) is 5.65 Å². The predicted octanol–water partition coefficient (Wildman–Crippen LogP) is 1.74. The van der Waals surface area contributed by atoms with Crippen molar-refractivity contribution >= 4 is 17.2 Å². The molecule has 1 aliphatic rings. The zero-order valence-corrected chi connectivity index (χ0v) is 12.2. The highest BCUT2D eigenvalue weighted by molar-refractivity contribution is 5.93. The minimum atomic E-state index is 0.0993. The first-order valence-electron chi connectivity index (χ1n) is 7.48. The number of nitrogens with one attached hydrogen (secondary N) is 1. The molecule has 0 bridgehead atoms.